The average Bonchev–Trinajstić information content (AvgIpc) is 3.34. The van der Waals surface area contributed by atoms with E-state index in [4.69, 9.17) is 4.74 Å². The van der Waals surface area contributed by atoms with Gasteiger partial charge in [0.25, 0.3) is 5.91 Å². The summed E-state index contributed by atoms with van der Waals surface area (Å²) in [6.07, 6.45) is 6.60. The van der Waals surface area contributed by atoms with Gasteiger partial charge in [-0.2, -0.15) is 0 Å². The summed E-state index contributed by atoms with van der Waals surface area (Å²) in [6.45, 7) is 2.84. The second kappa shape index (κ2) is 7.70. The van der Waals surface area contributed by atoms with Crippen LogP contribution in [0.2, 0.25) is 0 Å². The molecule has 1 unspecified atom stereocenters. The van der Waals surface area contributed by atoms with Gasteiger partial charge in [-0.15, -0.1) is 11.8 Å². The fraction of sp³-hybridized carbons (Fsp3) is 0.429. The van der Waals surface area contributed by atoms with Crippen molar-refractivity contribution in [2.75, 3.05) is 12.3 Å². The first-order chi connectivity index (χ1) is 12.7. The number of nitrogens with zero attached hydrogens (tertiary/aromatic N) is 2. The Hall–Kier alpha value is -2.01. The highest BCUT2D eigenvalue weighted by Crippen LogP contribution is 2.38. The van der Waals surface area contributed by atoms with Gasteiger partial charge in [-0.25, -0.2) is 4.98 Å². The number of aromatic nitrogens is 1. The second-order valence-corrected chi connectivity index (χ2v) is 8.23. The molecule has 136 valence electrons. The molecule has 1 aromatic carbocycles. The molecule has 2 heterocycles. The maximum atomic E-state index is 13.0. The lowest BCUT2D eigenvalue weighted by molar-refractivity contribution is 0.0759. The number of carbonyl (C=O) groups excluding carboxylic acids is 1. The maximum absolute atomic E-state index is 13.0. The van der Waals surface area contributed by atoms with Crippen molar-refractivity contribution < 1.29 is 9.53 Å². The highest BCUT2D eigenvalue weighted by Gasteiger charge is 2.31. The first kappa shape index (κ1) is 17.4. The lowest BCUT2D eigenvalue weighted by atomic mass is 10.1. The van der Waals surface area contributed by atoms with E-state index in [2.05, 4.69) is 36.2 Å². The number of hydrogen-bond acceptors (Lipinski definition) is 4. The number of aryl methyl sites for hydroxylation is 1. The highest BCUT2D eigenvalue weighted by molar-refractivity contribution is 7.99. The lowest BCUT2D eigenvalue weighted by Crippen LogP contribution is -2.30. The number of amides is 1. The van der Waals surface area contributed by atoms with E-state index in [1.54, 1.807) is 6.20 Å². The quantitative estimate of drug-likeness (QED) is 0.791. The van der Waals surface area contributed by atoms with E-state index in [0.29, 0.717) is 11.4 Å². The van der Waals surface area contributed by atoms with E-state index >= 15 is 0 Å². The van der Waals surface area contributed by atoms with Gasteiger partial charge in [-0.05, 0) is 44.2 Å². The van der Waals surface area contributed by atoms with Gasteiger partial charge in [0.05, 0.1) is 5.56 Å². The fourth-order valence-electron chi connectivity index (χ4n) is 3.60. The summed E-state index contributed by atoms with van der Waals surface area (Å²) in [7, 11) is 0. The van der Waals surface area contributed by atoms with E-state index in [1.807, 2.05) is 28.8 Å². The molecule has 1 aliphatic carbocycles. The van der Waals surface area contributed by atoms with Crippen LogP contribution in [0.1, 0.15) is 52.5 Å². The Bertz CT molecular complexity index is 755. The zero-order valence-electron chi connectivity index (χ0n) is 15.1. The van der Waals surface area contributed by atoms with Crippen molar-refractivity contribution in [3.63, 3.8) is 0 Å². The summed E-state index contributed by atoms with van der Waals surface area (Å²) in [5, 5.41) is 0.0810. The van der Waals surface area contributed by atoms with Crippen LogP contribution in [0.4, 0.5) is 0 Å². The third-order valence-electron chi connectivity index (χ3n) is 5.09. The van der Waals surface area contributed by atoms with Crippen molar-refractivity contribution in [3.8, 4) is 5.88 Å². The fourth-order valence-corrected chi connectivity index (χ4v) is 4.86. The molecular formula is C21H24N2O2S. The van der Waals surface area contributed by atoms with Crippen LogP contribution in [0, 0.1) is 6.92 Å². The smallest absolute Gasteiger partial charge is 0.256 e. The largest absolute Gasteiger partial charge is 0.474 e. The van der Waals surface area contributed by atoms with E-state index in [1.165, 1.54) is 24.0 Å². The Morgan fingerprint density at radius 2 is 1.92 bits per heavy atom. The molecule has 4 rings (SSSR count). The minimum Gasteiger partial charge on any atom is -0.474 e. The van der Waals surface area contributed by atoms with Crippen LogP contribution in [0.15, 0.2) is 42.6 Å². The Kier molecular flexibility index (Phi) is 5.16. The molecule has 1 atom stereocenters. The van der Waals surface area contributed by atoms with Gasteiger partial charge in [-0.3, -0.25) is 4.79 Å². The standard InChI is InChI=1S/C21H24N2O2S/c1-15-6-8-16(9-7-15)21-23(12-13-26-21)20(24)17-10-11-19(22-14-17)25-18-4-2-3-5-18/h6-11,14,18,21H,2-5,12-13H2,1H3. The SMILES string of the molecule is Cc1ccc(C2SCCN2C(=O)c2ccc(OC3CCCC3)nc2)cc1. The zero-order valence-corrected chi connectivity index (χ0v) is 15.9. The summed E-state index contributed by atoms with van der Waals surface area (Å²) in [5.41, 5.74) is 3.04. The van der Waals surface area contributed by atoms with Gasteiger partial charge in [-0.1, -0.05) is 29.8 Å². The van der Waals surface area contributed by atoms with Crippen molar-refractivity contribution in [1.82, 2.24) is 9.88 Å². The number of pyridine rings is 1. The molecule has 2 aliphatic rings. The molecule has 26 heavy (non-hydrogen) atoms. The zero-order chi connectivity index (χ0) is 17.9. The van der Waals surface area contributed by atoms with Crippen LogP contribution in [0.25, 0.3) is 0 Å². The van der Waals surface area contributed by atoms with E-state index in [0.717, 1.165) is 25.1 Å². The second-order valence-electron chi connectivity index (χ2n) is 7.04. The van der Waals surface area contributed by atoms with E-state index in [9.17, 15) is 4.79 Å². The predicted molar refractivity (Wildman–Crippen MR) is 105 cm³/mol. The molecule has 2 aromatic rings. The summed E-state index contributed by atoms with van der Waals surface area (Å²) in [5.74, 6) is 1.63. The molecule has 1 amide bonds. The van der Waals surface area contributed by atoms with Crippen molar-refractivity contribution >= 4 is 17.7 Å². The number of rotatable bonds is 4. The molecule has 5 heteroatoms. The summed E-state index contributed by atoms with van der Waals surface area (Å²) in [4.78, 5) is 19.3. The summed E-state index contributed by atoms with van der Waals surface area (Å²) >= 11 is 1.82. The molecule has 0 spiro atoms. The van der Waals surface area contributed by atoms with E-state index < -0.39 is 0 Å². The normalized spacial score (nSPS) is 20.5. The van der Waals surface area contributed by atoms with Gasteiger partial charge < -0.3 is 9.64 Å². The van der Waals surface area contributed by atoms with Crippen molar-refractivity contribution in [3.05, 3.63) is 59.3 Å². The molecule has 4 nitrogen and oxygen atoms in total. The average molecular weight is 369 g/mol. The molecule has 1 saturated carbocycles. The maximum Gasteiger partial charge on any atom is 0.256 e. The Morgan fingerprint density at radius 3 is 2.62 bits per heavy atom. The third-order valence-corrected chi connectivity index (χ3v) is 6.35. The summed E-state index contributed by atoms with van der Waals surface area (Å²) in [6, 6.07) is 12.1. The highest BCUT2D eigenvalue weighted by atomic mass is 32.2. The number of ether oxygens (including phenoxy) is 1. The van der Waals surface area contributed by atoms with Gasteiger partial charge in [0.15, 0.2) is 0 Å². The number of hydrogen-bond donors (Lipinski definition) is 0. The van der Waals surface area contributed by atoms with Gasteiger partial charge in [0.1, 0.15) is 11.5 Å². The van der Waals surface area contributed by atoms with Crippen LogP contribution in [-0.2, 0) is 0 Å². The van der Waals surface area contributed by atoms with Crippen molar-refractivity contribution in [2.45, 2.75) is 44.1 Å². The molecular weight excluding hydrogens is 344 g/mol. The van der Waals surface area contributed by atoms with Crippen LogP contribution in [0.3, 0.4) is 0 Å². The Balaban J connectivity index is 1.46. The number of carbonyl (C=O) groups is 1. The summed E-state index contributed by atoms with van der Waals surface area (Å²) < 4.78 is 5.90. The molecule has 0 bridgehead atoms. The number of thioether (sulfide) groups is 1. The van der Waals surface area contributed by atoms with Crippen molar-refractivity contribution in [2.24, 2.45) is 0 Å². The van der Waals surface area contributed by atoms with Crippen LogP contribution in [-0.4, -0.2) is 34.2 Å². The Labute approximate surface area is 159 Å². The molecule has 2 fully saturated rings. The van der Waals surface area contributed by atoms with E-state index in [-0.39, 0.29) is 17.4 Å². The molecule has 0 radical (unpaired) electrons. The first-order valence-electron chi connectivity index (χ1n) is 9.32. The predicted octanol–water partition coefficient (Wildman–Crippen LogP) is 4.60. The van der Waals surface area contributed by atoms with Crippen LogP contribution in [0.5, 0.6) is 5.88 Å². The van der Waals surface area contributed by atoms with Crippen LogP contribution >= 0.6 is 11.8 Å². The van der Waals surface area contributed by atoms with Gasteiger partial charge >= 0.3 is 0 Å². The Morgan fingerprint density at radius 1 is 1.15 bits per heavy atom. The minimum absolute atomic E-state index is 0.0421. The van der Waals surface area contributed by atoms with Crippen LogP contribution < -0.4 is 4.74 Å². The topological polar surface area (TPSA) is 42.4 Å². The molecule has 1 saturated heterocycles. The first-order valence-corrected chi connectivity index (χ1v) is 10.4. The number of benzene rings is 1. The van der Waals surface area contributed by atoms with Gasteiger partial charge in [0, 0.05) is 24.6 Å². The molecule has 1 aliphatic heterocycles. The molecule has 1 aromatic heterocycles. The molecule has 0 N–H and O–H groups in total. The van der Waals surface area contributed by atoms with Gasteiger partial charge in [0.2, 0.25) is 5.88 Å². The van der Waals surface area contributed by atoms with Crippen molar-refractivity contribution in [1.29, 1.82) is 0 Å². The lowest BCUT2D eigenvalue weighted by Gasteiger charge is -2.24. The monoisotopic (exact) mass is 368 g/mol. The third kappa shape index (κ3) is 3.73. The minimum atomic E-state index is 0.0421.